The van der Waals surface area contributed by atoms with Crippen LogP contribution >= 0.6 is 0 Å². The van der Waals surface area contributed by atoms with Gasteiger partial charge in [0.15, 0.2) is 0 Å². The zero-order valence-electron chi connectivity index (χ0n) is 21.1. The molecule has 0 radical (unpaired) electrons. The monoisotopic (exact) mass is 458 g/mol. The predicted molar refractivity (Wildman–Crippen MR) is 140 cm³/mol. The molecule has 0 N–H and O–H groups in total. The average molecular weight is 459 g/mol. The highest BCUT2D eigenvalue weighted by molar-refractivity contribution is 5.91. The fourth-order valence-corrected chi connectivity index (χ4v) is 4.34. The van der Waals surface area contributed by atoms with Gasteiger partial charge in [-0.05, 0) is 79.1 Å². The Hall–Kier alpha value is -2.91. The Kier molecular flexibility index (Phi) is 9.90. The van der Waals surface area contributed by atoms with Crippen LogP contribution in [0.15, 0.2) is 72.8 Å². The van der Waals surface area contributed by atoms with Gasteiger partial charge in [-0.1, -0.05) is 81.6 Å². The number of benzene rings is 3. The quantitative estimate of drug-likeness (QED) is 0.201. The molecule has 0 bridgehead atoms. The van der Waals surface area contributed by atoms with Crippen molar-refractivity contribution in [2.45, 2.75) is 71.8 Å². The maximum absolute atomic E-state index is 12.7. The molecule has 0 saturated heterocycles. The molecular formula is C31H38O3. The summed E-state index contributed by atoms with van der Waals surface area (Å²) in [7, 11) is 0. The number of ether oxygens (including phenoxy) is 2. The summed E-state index contributed by atoms with van der Waals surface area (Å²) in [4.78, 5) is 12.7. The smallest absolute Gasteiger partial charge is 0.343 e. The highest BCUT2D eigenvalue weighted by Gasteiger charge is 2.13. The molecule has 0 heterocycles. The van der Waals surface area contributed by atoms with E-state index >= 15 is 0 Å². The van der Waals surface area contributed by atoms with Crippen molar-refractivity contribution in [3.05, 3.63) is 89.5 Å². The van der Waals surface area contributed by atoms with E-state index in [1.807, 2.05) is 43.3 Å². The Bertz CT molecular complexity index is 1000. The minimum atomic E-state index is -0.337. The van der Waals surface area contributed by atoms with E-state index in [4.69, 9.17) is 9.47 Å². The number of unbranched alkanes of at least 4 members (excludes halogenated alkanes) is 1. The van der Waals surface area contributed by atoms with E-state index < -0.39 is 0 Å². The second kappa shape index (κ2) is 13.1. The van der Waals surface area contributed by atoms with Gasteiger partial charge in [0.2, 0.25) is 0 Å². The van der Waals surface area contributed by atoms with Gasteiger partial charge in [-0.3, -0.25) is 0 Å². The molecule has 3 nitrogen and oxygen atoms in total. The van der Waals surface area contributed by atoms with Crippen LogP contribution in [-0.2, 0) is 4.74 Å². The minimum Gasteiger partial charge on any atom is -0.423 e. The van der Waals surface area contributed by atoms with Gasteiger partial charge in [0.25, 0.3) is 0 Å². The summed E-state index contributed by atoms with van der Waals surface area (Å²) in [6, 6.07) is 24.0. The van der Waals surface area contributed by atoms with Crippen LogP contribution in [-0.4, -0.2) is 12.6 Å². The first kappa shape index (κ1) is 25.7. The first-order chi connectivity index (χ1) is 16.5. The number of carbonyl (C=O) groups is 1. The fraction of sp³-hybridized carbons (Fsp3) is 0.387. The third kappa shape index (κ3) is 7.04. The van der Waals surface area contributed by atoms with Crippen molar-refractivity contribution in [3.8, 4) is 16.9 Å². The molecular weight excluding hydrogens is 420 g/mol. The van der Waals surface area contributed by atoms with E-state index in [1.165, 1.54) is 37.7 Å². The number of carbonyl (C=O) groups excluding carboxylic acids is 1. The summed E-state index contributed by atoms with van der Waals surface area (Å²) in [5, 5.41) is 0. The molecule has 34 heavy (non-hydrogen) atoms. The summed E-state index contributed by atoms with van der Waals surface area (Å²) in [6.45, 7) is 9.23. The molecule has 2 unspecified atom stereocenters. The summed E-state index contributed by atoms with van der Waals surface area (Å²) in [5.74, 6) is 0.831. The molecule has 0 aromatic heterocycles. The van der Waals surface area contributed by atoms with E-state index in [1.54, 1.807) is 0 Å². The van der Waals surface area contributed by atoms with Crippen LogP contribution in [0.1, 0.15) is 93.3 Å². The van der Waals surface area contributed by atoms with Crippen molar-refractivity contribution in [3.63, 3.8) is 0 Å². The summed E-state index contributed by atoms with van der Waals surface area (Å²) < 4.78 is 11.3. The highest BCUT2D eigenvalue weighted by Crippen LogP contribution is 2.29. The molecule has 0 fully saturated rings. The maximum Gasteiger partial charge on any atom is 0.343 e. The van der Waals surface area contributed by atoms with Crippen LogP contribution in [0.2, 0.25) is 0 Å². The Labute approximate surface area is 205 Å². The lowest BCUT2D eigenvalue weighted by Crippen LogP contribution is -2.08. The molecule has 3 heteroatoms. The van der Waals surface area contributed by atoms with Crippen LogP contribution in [0.3, 0.4) is 0 Å². The summed E-state index contributed by atoms with van der Waals surface area (Å²) in [5.41, 5.74) is 5.20. The average Bonchev–Trinajstić information content (AvgIpc) is 2.87. The second-order valence-corrected chi connectivity index (χ2v) is 8.88. The van der Waals surface area contributed by atoms with Gasteiger partial charge >= 0.3 is 5.97 Å². The van der Waals surface area contributed by atoms with E-state index in [9.17, 15) is 4.79 Å². The predicted octanol–water partition coefficient (Wildman–Crippen LogP) is 8.74. The lowest BCUT2D eigenvalue weighted by Gasteiger charge is -2.16. The lowest BCUT2D eigenvalue weighted by molar-refractivity contribution is 0.0734. The van der Waals surface area contributed by atoms with Gasteiger partial charge in [0, 0.05) is 6.61 Å². The first-order valence-electron chi connectivity index (χ1n) is 12.7. The lowest BCUT2D eigenvalue weighted by atomic mass is 9.90. The van der Waals surface area contributed by atoms with Crippen molar-refractivity contribution in [2.24, 2.45) is 0 Å². The van der Waals surface area contributed by atoms with Crippen LogP contribution in [0.4, 0.5) is 0 Å². The van der Waals surface area contributed by atoms with Gasteiger partial charge in [-0.15, -0.1) is 0 Å². The van der Waals surface area contributed by atoms with E-state index in [-0.39, 0.29) is 12.1 Å². The maximum atomic E-state index is 12.7. The van der Waals surface area contributed by atoms with Crippen LogP contribution < -0.4 is 4.74 Å². The van der Waals surface area contributed by atoms with Gasteiger partial charge in [0.1, 0.15) is 5.75 Å². The first-order valence-corrected chi connectivity index (χ1v) is 12.7. The molecule has 2 atom stereocenters. The summed E-state index contributed by atoms with van der Waals surface area (Å²) >= 11 is 0. The zero-order valence-corrected chi connectivity index (χ0v) is 21.1. The number of rotatable bonds is 12. The SMILES string of the molecule is CCCCC(CCC)c1ccc(OC(=O)c2ccc(-c3ccc(C(C)OCC)cc3)cc2)cc1. The standard InChI is InChI=1S/C31H38O3/c1-5-8-10-25(9-6-2)28-19-21-30(22-20-28)34-31(32)29-17-15-27(16-18-29)26-13-11-24(12-14-26)23(4)33-7-3/h11-23,25H,5-10H2,1-4H3. The fourth-order valence-electron chi connectivity index (χ4n) is 4.34. The van der Waals surface area contributed by atoms with Crippen LogP contribution in [0.25, 0.3) is 11.1 Å². The highest BCUT2D eigenvalue weighted by atomic mass is 16.5. The van der Waals surface area contributed by atoms with Gasteiger partial charge in [-0.2, -0.15) is 0 Å². The summed E-state index contributed by atoms with van der Waals surface area (Å²) in [6.07, 6.45) is 6.13. The van der Waals surface area contributed by atoms with Crippen LogP contribution in [0, 0.1) is 0 Å². The van der Waals surface area contributed by atoms with Gasteiger partial charge in [0.05, 0.1) is 11.7 Å². The molecule has 0 spiro atoms. The van der Waals surface area contributed by atoms with Crippen molar-refractivity contribution in [1.29, 1.82) is 0 Å². The molecule has 3 aromatic rings. The van der Waals surface area contributed by atoms with Gasteiger partial charge in [-0.25, -0.2) is 4.79 Å². The molecule has 180 valence electrons. The zero-order chi connectivity index (χ0) is 24.3. The number of hydrogen-bond acceptors (Lipinski definition) is 3. The molecule has 0 aliphatic carbocycles. The molecule has 3 aromatic carbocycles. The second-order valence-electron chi connectivity index (χ2n) is 8.88. The normalized spacial score (nSPS) is 12.8. The van der Waals surface area contributed by atoms with Crippen molar-refractivity contribution in [1.82, 2.24) is 0 Å². The number of esters is 1. The van der Waals surface area contributed by atoms with E-state index in [0.29, 0.717) is 23.8 Å². The largest absolute Gasteiger partial charge is 0.423 e. The Morgan fingerprint density at radius 3 is 1.88 bits per heavy atom. The third-order valence-electron chi connectivity index (χ3n) is 6.36. The Morgan fingerprint density at radius 1 is 0.735 bits per heavy atom. The van der Waals surface area contributed by atoms with Gasteiger partial charge < -0.3 is 9.47 Å². The molecule has 0 aliphatic rings. The Morgan fingerprint density at radius 2 is 1.32 bits per heavy atom. The van der Waals surface area contributed by atoms with E-state index in [2.05, 4.69) is 57.2 Å². The molecule has 0 aliphatic heterocycles. The minimum absolute atomic E-state index is 0.0825. The number of hydrogen-bond donors (Lipinski definition) is 0. The van der Waals surface area contributed by atoms with Crippen molar-refractivity contribution >= 4 is 5.97 Å². The molecule has 3 rings (SSSR count). The van der Waals surface area contributed by atoms with Crippen molar-refractivity contribution in [2.75, 3.05) is 6.61 Å². The third-order valence-corrected chi connectivity index (χ3v) is 6.36. The van der Waals surface area contributed by atoms with Crippen LogP contribution in [0.5, 0.6) is 5.75 Å². The Balaban J connectivity index is 1.62. The van der Waals surface area contributed by atoms with E-state index in [0.717, 1.165) is 16.7 Å². The van der Waals surface area contributed by atoms with Crippen molar-refractivity contribution < 1.29 is 14.3 Å². The topological polar surface area (TPSA) is 35.5 Å². The molecule has 0 amide bonds. The molecule has 0 saturated carbocycles.